The van der Waals surface area contributed by atoms with Crippen LogP contribution in [0.25, 0.3) is 0 Å². The van der Waals surface area contributed by atoms with Crippen LogP contribution in [0.4, 0.5) is 0 Å². The molecule has 0 spiro atoms. The minimum Gasteiger partial charge on any atom is -0.312 e. The number of nitrogens with zero attached hydrogens (tertiary/aromatic N) is 2. The highest BCUT2D eigenvalue weighted by Gasteiger charge is 2.27. The number of hydrogen-bond acceptors (Lipinski definition) is 3. The van der Waals surface area contributed by atoms with Crippen LogP contribution >= 0.6 is 0 Å². The number of nitrogens with one attached hydrogen (secondary N) is 1. The minimum absolute atomic E-state index is 0.654. The predicted octanol–water partition coefficient (Wildman–Crippen LogP) is 2.18. The second-order valence-electron chi connectivity index (χ2n) is 5.94. The second kappa shape index (κ2) is 8.13. The quantitative estimate of drug-likeness (QED) is 0.752. The second-order valence-corrected chi connectivity index (χ2v) is 5.94. The first-order chi connectivity index (χ1) is 8.60. The molecular formula is C15H33N3. The zero-order valence-electron chi connectivity index (χ0n) is 13.1. The van der Waals surface area contributed by atoms with Crippen LogP contribution in [0.1, 0.15) is 46.5 Å². The Hall–Kier alpha value is -0.120. The van der Waals surface area contributed by atoms with Gasteiger partial charge in [-0.25, -0.2) is 0 Å². The largest absolute Gasteiger partial charge is 0.312 e. The summed E-state index contributed by atoms with van der Waals surface area (Å²) in [7, 11) is 4.42. The lowest BCUT2D eigenvalue weighted by Gasteiger charge is -2.41. The average molecular weight is 255 g/mol. The van der Waals surface area contributed by atoms with Crippen molar-refractivity contribution < 1.29 is 0 Å². The van der Waals surface area contributed by atoms with Gasteiger partial charge in [0.15, 0.2) is 0 Å². The van der Waals surface area contributed by atoms with Gasteiger partial charge in [0, 0.05) is 18.1 Å². The van der Waals surface area contributed by atoms with Crippen molar-refractivity contribution in [1.29, 1.82) is 0 Å². The van der Waals surface area contributed by atoms with Gasteiger partial charge in [0.05, 0.1) is 0 Å². The molecule has 3 nitrogen and oxygen atoms in total. The van der Waals surface area contributed by atoms with E-state index in [4.69, 9.17) is 0 Å². The van der Waals surface area contributed by atoms with Crippen molar-refractivity contribution in [2.24, 2.45) is 0 Å². The van der Waals surface area contributed by atoms with Gasteiger partial charge in [-0.2, -0.15) is 0 Å². The Morgan fingerprint density at radius 3 is 2.28 bits per heavy atom. The Bertz CT molecular complexity index is 210. The number of piperidine rings is 1. The van der Waals surface area contributed by atoms with Crippen molar-refractivity contribution in [2.45, 2.75) is 64.6 Å². The van der Waals surface area contributed by atoms with Gasteiger partial charge in [-0.3, -0.25) is 4.90 Å². The normalized spacial score (nSPS) is 22.3. The summed E-state index contributed by atoms with van der Waals surface area (Å²) in [5.74, 6) is 0. The fourth-order valence-corrected chi connectivity index (χ4v) is 3.05. The van der Waals surface area contributed by atoms with Crippen LogP contribution in [-0.2, 0) is 0 Å². The fraction of sp³-hybridized carbons (Fsp3) is 1.00. The van der Waals surface area contributed by atoms with Crippen LogP contribution in [0.3, 0.4) is 0 Å². The molecule has 0 aliphatic carbocycles. The monoisotopic (exact) mass is 255 g/mol. The van der Waals surface area contributed by atoms with Crippen molar-refractivity contribution in [3.8, 4) is 0 Å². The Morgan fingerprint density at radius 1 is 1.22 bits per heavy atom. The van der Waals surface area contributed by atoms with Crippen LogP contribution < -0.4 is 5.32 Å². The van der Waals surface area contributed by atoms with Gasteiger partial charge in [-0.05, 0) is 66.3 Å². The molecule has 1 saturated heterocycles. The Kier molecular flexibility index (Phi) is 7.20. The zero-order chi connectivity index (χ0) is 13.5. The van der Waals surface area contributed by atoms with Crippen molar-refractivity contribution >= 4 is 0 Å². The van der Waals surface area contributed by atoms with Crippen molar-refractivity contribution in [2.75, 3.05) is 33.7 Å². The van der Waals surface area contributed by atoms with E-state index in [9.17, 15) is 0 Å². The summed E-state index contributed by atoms with van der Waals surface area (Å²) in [6.45, 7) is 10.6. The molecule has 2 unspecified atom stereocenters. The smallest absolute Gasteiger partial charge is 0.0220 e. The maximum Gasteiger partial charge on any atom is 0.0220 e. The molecule has 0 amide bonds. The van der Waals surface area contributed by atoms with Crippen molar-refractivity contribution in [3.05, 3.63) is 0 Å². The maximum atomic E-state index is 3.70. The van der Waals surface area contributed by atoms with E-state index in [1.54, 1.807) is 0 Å². The average Bonchev–Trinajstić information content (AvgIpc) is 2.39. The minimum atomic E-state index is 0.654. The molecule has 1 heterocycles. The summed E-state index contributed by atoms with van der Waals surface area (Å²) in [6, 6.07) is 2.11. The van der Waals surface area contributed by atoms with E-state index in [0.717, 1.165) is 12.6 Å². The Morgan fingerprint density at radius 2 is 1.83 bits per heavy atom. The summed E-state index contributed by atoms with van der Waals surface area (Å²) >= 11 is 0. The van der Waals surface area contributed by atoms with Crippen LogP contribution in [-0.4, -0.2) is 61.7 Å². The van der Waals surface area contributed by atoms with Gasteiger partial charge in [-0.1, -0.05) is 13.8 Å². The molecular weight excluding hydrogens is 222 g/mol. The summed E-state index contributed by atoms with van der Waals surface area (Å²) in [5, 5.41) is 3.70. The summed E-state index contributed by atoms with van der Waals surface area (Å²) in [6.07, 6.45) is 5.10. The predicted molar refractivity (Wildman–Crippen MR) is 80.1 cm³/mol. The van der Waals surface area contributed by atoms with E-state index in [-0.39, 0.29) is 0 Å². The van der Waals surface area contributed by atoms with Crippen molar-refractivity contribution in [3.63, 3.8) is 0 Å². The molecule has 3 heteroatoms. The van der Waals surface area contributed by atoms with Crippen molar-refractivity contribution in [1.82, 2.24) is 15.1 Å². The molecule has 0 aromatic carbocycles. The van der Waals surface area contributed by atoms with Gasteiger partial charge in [0.1, 0.15) is 0 Å². The Labute approximate surface area is 114 Å². The number of hydrogen-bond donors (Lipinski definition) is 1. The molecule has 108 valence electrons. The van der Waals surface area contributed by atoms with Gasteiger partial charge >= 0.3 is 0 Å². The number of rotatable bonds is 7. The van der Waals surface area contributed by atoms with Gasteiger partial charge in [0.2, 0.25) is 0 Å². The third kappa shape index (κ3) is 4.52. The van der Waals surface area contributed by atoms with Crippen LogP contribution in [0.5, 0.6) is 0 Å². The third-order valence-corrected chi connectivity index (χ3v) is 4.48. The molecule has 2 atom stereocenters. The summed E-state index contributed by atoms with van der Waals surface area (Å²) in [5.41, 5.74) is 0. The van der Waals surface area contributed by atoms with E-state index in [0.29, 0.717) is 12.1 Å². The first-order valence-electron chi connectivity index (χ1n) is 7.74. The van der Waals surface area contributed by atoms with Crippen LogP contribution in [0, 0.1) is 0 Å². The summed E-state index contributed by atoms with van der Waals surface area (Å²) in [4.78, 5) is 5.06. The van der Waals surface area contributed by atoms with E-state index in [1.165, 1.54) is 38.8 Å². The molecule has 0 aromatic rings. The van der Waals surface area contributed by atoms with E-state index in [1.807, 2.05) is 0 Å². The topological polar surface area (TPSA) is 18.5 Å². The van der Waals surface area contributed by atoms with E-state index in [2.05, 4.69) is 50.0 Å². The lowest BCUT2D eigenvalue weighted by atomic mass is 9.99. The molecule has 0 radical (unpaired) electrons. The summed E-state index contributed by atoms with van der Waals surface area (Å²) < 4.78 is 0. The molecule has 1 N–H and O–H groups in total. The molecule has 1 fully saturated rings. The molecule has 0 saturated carbocycles. The first-order valence-corrected chi connectivity index (χ1v) is 7.74. The highest BCUT2D eigenvalue weighted by atomic mass is 15.2. The molecule has 1 aliphatic rings. The number of likely N-dealkylation sites (tertiary alicyclic amines) is 1. The molecule has 0 aromatic heterocycles. The zero-order valence-corrected chi connectivity index (χ0v) is 13.1. The maximum absolute atomic E-state index is 3.70. The molecule has 1 aliphatic heterocycles. The van der Waals surface area contributed by atoms with E-state index < -0.39 is 0 Å². The van der Waals surface area contributed by atoms with Gasteiger partial charge < -0.3 is 10.2 Å². The van der Waals surface area contributed by atoms with Crippen LogP contribution in [0.15, 0.2) is 0 Å². The fourth-order valence-electron chi connectivity index (χ4n) is 3.05. The lowest BCUT2D eigenvalue weighted by Crippen LogP contribution is -2.52. The van der Waals surface area contributed by atoms with E-state index >= 15 is 0 Å². The highest BCUT2D eigenvalue weighted by molar-refractivity contribution is 4.85. The molecule has 0 bridgehead atoms. The molecule has 1 rings (SSSR count). The molecule has 18 heavy (non-hydrogen) atoms. The van der Waals surface area contributed by atoms with Gasteiger partial charge in [0.25, 0.3) is 0 Å². The Balaban J connectivity index is 2.40. The standard InChI is InChI=1S/C15H33N3/c1-6-10-16-15(7-2)13(3)18-11-8-14(9-12-18)17(4)5/h13-16H,6-12H2,1-5H3. The lowest BCUT2D eigenvalue weighted by molar-refractivity contribution is 0.0958. The SMILES string of the molecule is CCCNC(CC)C(C)N1CCC(N(C)C)CC1. The highest BCUT2D eigenvalue weighted by Crippen LogP contribution is 2.18. The van der Waals surface area contributed by atoms with Crippen LogP contribution in [0.2, 0.25) is 0 Å². The third-order valence-electron chi connectivity index (χ3n) is 4.48. The first kappa shape index (κ1) is 15.9. The van der Waals surface area contributed by atoms with Gasteiger partial charge in [-0.15, -0.1) is 0 Å².